The lowest BCUT2D eigenvalue weighted by atomic mass is 10.2. The topological polar surface area (TPSA) is 110 Å². The quantitative estimate of drug-likeness (QED) is 0.722. The molecule has 24 heavy (non-hydrogen) atoms. The number of benzene rings is 1. The molecule has 1 aliphatic heterocycles. The molecule has 8 heteroatoms. The van der Waals surface area contributed by atoms with Gasteiger partial charge < -0.3 is 15.2 Å². The number of rotatable bonds is 7. The summed E-state index contributed by atoms with van der Waals surface area (Å²) in [4.78, 5) is 22.6. The van der Waals surface area contributed by atoms with Crippen LogP contribution >= 0.6 is 0 Å². The number of anilines is 1. The lowest BCUT2D eigenvalue weighted by Gasteiger charge is -2.21. The third-order valence-corrected chi connectivity index (χ3v) is 5.97. The fourth-order valence-corrected chi connectivity index (χ4v) is 4.32. The van der Waals surface area contributed by atoms with Crippen molar-refractivity contribution in [3.8, 4) is 5.75 Å². The number of carbonyl (C=O) groups is 2. The SMILES string of the molecule is O=C(O)CCCOc1ccc(NC(=O)C2CCCCS2(=O)=O)cc1. The first kappa shape index (κ1) is 18.3. The lowest BCUT2D eigenvalue weighted by Crippen LogP contribution is -2.39. The van der Waals surface area contributed by atoms with E-state index in [1.165, 1.54) is 0 Å². The zero-order valence-electron chi connectivity index (χ0n) is 13.2. The molecule has 1 heterocycles. The van der Waals surface area contributed by atoms with Crippen molar-refractivity contribution in [3.05, 3.63) is 24.3 Å². The fourth-order valence-electron chi connectivity index (χ4n) is 2.52. The molecule has 7 nitrogen and oxygen atoms in total. The minimum Gasteiger partial charge on any atom is -0.494 e. The largest absolute Gasteiger partial charge is 0.494 e. The van der Waals surface area contributed by atoms with Crippen molar-refractivity contribution in [3.63, 3.8) is 0 Å². The van der Waals surface area contributed by atoms with Gasteiger partial charge in [0.15, 0.2) is 9.84 Å². The molecule has 1 atom stereocenters. The number of ether oxygens (including phenoxy) is 1. The Bertz CT molecular complexity index is 683. The summed E-state index contributed by atoms with van der Waals surface area (Å²) in [6, 6.07) is 6.54. The molecule has 0 saturated carbocycles. The average molecular weight is 355 g/mol. The van der Waals surface area contributed by atoms with Gasteiger partial charge in [0.2, 0.25) is 5.91 Å². The number of sulfone groups is 1. The molecule has 132 valence electrons. The van der Waals surface area contributed by atoms with Crippen molar-refractivity contribution in [1.29, 1.82) is 0 Å². The zero-order valence-corrected chi connectivity index (χ0v) is 14.0. The van der Waals surface area contributed by atoms with Crippen LogP contribution in [0.15, 0.2) is 24.3 Å². The summed E-state index contributed by atoms with van der Waals surface area (Å²) in [5.74, 6) is -0.739. The maximum absolute atomic E-state index is 12.2. The van der Waals surface area contributed by atoms with E-state index in [2.05, 4.69) is 5.32 Å². The summed E-state index contributed by atoms with van der Waals surface area (Å²) >= 11 is 0. The normalized spacial score (nSPS) is 19.4. The Labute approximate surface area is 140 Å². The summed E-state index contributed by atoms with van der Waals surface area (Å²) in [5, 5.41) is 10.2. The number of amides is 1. The van der Waals surface area contributed by atoms with Crippen LogP contribution < -0.4 is 10.1 Å². The molecule has 2 rings (SSSR count). The molecular formula is C16H21NO6S. The van der Waals surface area contributed by atoms with E-state index >= 15 is 0 Å². The molecule has 1 unspecified atom stereocenters. The molecule has 1 aromatic carbocycles. The Morgan fingerprint density at radius 1 is 1.21 bits per heavy atom. The van der Waals surface area contributed by atoms with Crippen LogP contribution in [-0.4, -0.2) is 43.0 Å². The molecule has 1 amide bonds. The van der Waals surface area contributed by atoms with Crippen LogP contribution in [0.1, 0.15) is 32.1 Å². The van der Waals surface area contributed by atoms with E-state index in [0.717, 1.165) is 6.42 Å². The first-order valence-electron chi connectivity index (χ1n) is 7.85. The van der Waals surface area contributed by atoms with E-state index in [1.807, 2.05) is 0 Å². The highest BCUT2D eigenvalue weighted by Gasteiger charge is 2.34. The van der Waals surface area contributed by atoms with Crippen LogP contribution in [0.25, 0.3) is 0 Å². The van der Waals surface area contributed by atoms with Gasteiger partial charge in [-0.3, -0.25) is 9.59 Å². The van der Waals surface area contributed by atoms with Gasteiger partial charge in [-0.25, -0.2) is 8.42 Å². The summed E-state index contributed by atoms with van der Waals surface area (Å²) < 4.78 is 29.3. The summed E-state index contributed by atoms with van der Waals surface area (Å²) in [6.07, 6.45) is 2.16. The van der Waals surface area contributed by atoms with Crippen molar-refractivity contribution in [2.24, 2.45) is 0 Å². The molecule has 0 radical (unpaired) electrons. The number of carboxylic acids is 1. The Kier molecular flexibility index (Phi) is 6.19. The predicted molar refractivity (Wildman–Crippen MR) is 88.9 cm³/mol. The van der Waals surface area contributed by atoms with Crippen molar-refractivity contribution >= 4 is 27.4 Å². The summed E-state index contributed by atoms with van der Waals surface area (Å²) in [7, 11) is -3.36. The molecule has 0 spiro atoms. The molecule has 0 aromatic heterocycles. The molecular weight excluding hydrogens is 334 g/mol. The lowest BCUT2D eigenvalue weighted by molar-refractivity contribution is -0.137. The molecule has 0 aliphatic carbocycles. The fraction of sp³-hybridized carbons (Fsp3) is 0.500. The van der Waals surface area contributed by atoms with Crippen molar-refractivity contribution in [1.82, 2.24) is 0 Å². The molecule has 1 saturated heterocycles. The van der Waals surface area contributed by atoms with E-state index in [-0.39, 0.29) is 12.2 Å². The number of carbonyl (C=O) groups excluding carboxylic acids is 1. The maximum Gasteiger partial charge on any atom is 0.303 e. The third kappa shape index (κ3) is 5.23. The highest BCUT2D eigenvalue weighted by molar-refractivity contribution is 7.92. The zero-order chi connectivity index (χ0) is 17.6. The van der Waals surface area contributed by atoms with Crippen LogP contribution in [0.5, 0.6) is 5.75 Å². The Morgan fingerprint density at radius 3 is 2.54 bits per heavy atom. The van der Waals surface area contributed by atoms with Gasteiger partial charge in [0, 0.05) is 12.1 Å². The van der Waals surface area contributed by atoms with Gasteiger partial charge in [0.1, 0.15) is 11.0 Å². The standard InChI is InChI=1S/C16H21NO6S/c18-15(19)5-3-10-23-13-8-6-12(7-9-13)17-16(20)14-4-1-2-11-24(14,21)22/h6-9,14H,1-5,10-11H2,(H,17,20)(H,18,19). The number of nitrogens with one attached hydrogen (secondary N) is 1. The van der Waals surface area contributed by atoms with E-state index in [9.17, 15) is 18.0 Å². The first-order chi connectivity index (χ1) is 11.4. The summed E-state index contributed by atoms with van der Waals surface area (Å²) in [6.45, 7) is 0.290. The molecule has 1 fully saturated rings. The molecule has 1 aliphatic rings. The van der Waals surface area contributed by atoms with Crippen LogP contribution in [0, 0.1) is 0 Å². The van der Waals surface area contributed by atoms with Crippen molar-refractivity contribution < 1.29 is 27.9 Å². The first-order valence-corrected chi connectivity index (χ1v) is 9.57. The van der Waals surface area contributed by atoms with Gasteiger partial charge in [-0.15, -0.1) is 0 Å². The second-order valence-electron chi connectivity index (χ2n) is 5.71. The van der Waals surface area contributed by atoms with Crippen LogP contribution in [0.4, 0.5) is 5.69 Å². The minimum atomic E-state index is -3.36. The van der Waals surface area contributed by atoms with Gasteiger partial charge in [0.25, 0.3) is 0 Å². The van der Waals surface area contributed by atoms with Crippen molar-refractivity contribution in [2.45, 2.75) is 37.4 Å². The Morgan fingerprint density at radius 2 is 1.92 bits per heavy atom. The number of hydrogen-bond acceptors (Lipinski definition) is 5. The Hall–Kier alpha value is -2.09. The number of hydrogen-bond donors (Lipinski definition) is 2. The Balaban J connectivity index is 1.87. The van der Waals surface area contributed by atoms with E-state index in [0.29, 0.717) is 37.3 Å². The van der Waals surface area contributed by atoms with Gasteiger partial charge >= 0.3 is 5.97 Å². The van der Waals surface area contributed by atoms with Crippen molar-refractivity contribution in [2.75, 3.05) is 17.7 Å². The molecule has 0 bridgehead atoms. The van der Waals surface area contributed by atoms with E-state index in [4.69, 9.17) is 9.84 Å². The van der Waals surface area contributed by atoms with Crippen LogP contribution in [-0.2, 0) is 19.4 Å². The second kappa shape index (κ2) is 8.14. The van der Waals surface area contributed by atoms with Gasteiger partial charge in [-0.2, -0.15) is 0 Å². The van der Waals surface area contributed by atoms with E-state index < -0.39 is 27.0 Å². The highest BCUT2D eigenvalue weighted by Crippen LogP contribution is 2.22. The summed E-state index contributed by atoms with van der Waals surface area (Å²) in [5.41, 5.74) is 0.499. The smallest absolute Gasteiger partial charge is 0.303 e. The number of carboxylic acid groups (broad SMARTS) is 1. The predicted octanol–water partition coefficient (Wildman–Crippen LogP) is 1.84. The molecule has 2 N–H and O–H groups in total. The maximum atomic E-state index is 12.2. The van der Waals surface area contributed by atoms with Gasteiger partial charge in [0.05, 0.1) is 12.4 Å². The monoisotopic (exact) mass is 355 g/mol. The minimum absolute atomic E-state index is 0.0456. The van der Waals surface area contributed by atoms with Gasteiger partial charge in [-0.05, 0) is 43.5 Å². The highest BCUT2D eigenvalue weighted by atomic mass is 32.2. The average Bonchev–Trinajstić information content (AvgIpc) is 2.52. The van der Waals surface area contributed by atoms with Crippen LogP contribution in [0.3, 0.4) is 0 Å². The molecule has 1 aromatic rings. The second-order valence-corrected chi connectivity index (χ2v) is 8.01. The van der Waals surface area contributed by atoms with Gasteiger partial charge in [-0.1, -0.05) is 6.42 Å². The van der Waals surface area contributed by atoms with E-state index in [1.54, 1.807) is 24.3 Å². The van der Waals surface area contributed by atoms with Crippen LogP contribution in [0.2, 0.25) is 0 Å². The number of aliphatic carboxylic acids is 1. The third-order valence-electron chi connectivity index (χ3n) is 3.80.